The van der Waals surface area contributed by atoms with E-state index in [-0.39, 0.29) is 17.4 Å². The molecular weight excluding hydrogens is 512 g/mol. The van der Waals surface area contributed by atoms with E-state index in [0.29, 0.717) is 12.1 Å². The molecule has 42 heavy (non-hydrogen) atoms. The molecule has 0 amide bonds. The number of aromatic nitrogens is 1. The molecule has 0 saturated carbocycles. The average molecular weight is 550 g/mol. The van der Waals surface area contributed by atoms with Gasteiger partial charge in [0.25, 0.3) is 0 Å². The molecular formula is C39H35N2O+. The summed E-state index contributed by atoms with van der Waals surface area (Å²) in [5.41, 5.74) is 8.66. The molecule has 0 bridgehead atoms. The summed E-state index contributed by atoms with van der Waals surface area (Å²) < 4.78 is 28.8. The van der Waals surface area contributed by atoms with Crippen LogP contribution in [0.5, 0.6) is 5.75 Å². The van der Waals surface area contributed by atoms with Crippen LogP contribution in [0.15, 0.2) is 109 Å². The first-order valence-electron chi connectivity index (χ1n) is 15.7. The molecule has 0 radical (unpaired) electrons. The highest BCUT2D eigenvalue weighted by Gasteiger charge is 2.44. The Morgan fingerprint density at radius 1 is 0.810 bits per heavy atom. The van der Waals surface area contributed by atoms with Crippen LogP contribution in [0.1, 0.15) is 51.7 Å². The van der Waals surface area contributed by atoms with E-state index in [1.54, 1.807) is 0 Å². The molecule has 3 heterocycles. The molecule has 2 unspecified atom stereocenters. The Labute approximate surface area is 249 Å². The van der Waals surface area contributed by atoms with E-state index >= 15 is 0 Å². The minimum Gasteiger partial charge on any atom is -0.478 e. The summed E-state index contributed by atoms with van der Waals surface area (Å²) in [6.45, 7) is 9.09. The van der Waals surface area contributed by atoms with Crippen molar-refractivity contribution in [3.63, 3.8) is 0 Å². The van der Waals surface area contributed by atoms with Gasteiger partial charge in [0.2, 0.25) is 5.71 Å². The number of hydrogen-bond acceptors (Lipinski definition) is 1. The fourth-order valence-corrected chi connectivity index (χ4v) is 7.13. The zero-order valence-corrected chi connectivity index (χ0v) is 24.7. The lowest BCUT2D eigenvalue weighted by atomic mass is 9.79. The third-order valence-corrected chi connectivity index (χ3v) is 9.16. The quantitative estimate of drug-likeness (QED) is 0.197. The number of fused-ring (bicyclic) bond motifs is 7. The second-order valence-electron chi connectivity index (χ2n) is 12.7. The Kier molecular flexibility index (Phi) is 4.89. The van der Waals surface area contributed by atoms with Crippen LogP contribution in [0.3, 0.4) is 0 Å². The summed E-state index contributed by atoms with van der Waals surface area (Å²) in [5, 5.41) is 4.56. The van der Waals surface area contributed by atoms with E-state index in [4.69, 9.17) is 7.48 Å². The lowest BCUT2D eigenvalue weighted by molar-refractivity contribution is -0.427. The van der Waals surface area contributed by atoms with Crippen molar-refractivity contribution in [3.8, 4) is 11.4 Å². The number of nitrogens with zero attached hydrogens (tertiary/aromatic N) is 2. The van der Waals surface area contributed by atoms with Gasteiger partial charge in [-0.15, -0.1) is 0 Å². The maximum Gasteiger partial charge on any atom is 0.230 e. The normalized spacial score (nSPS) is 18.8. The van der Waals surface area contributed by atoms with Crippen molar-refractivity contribution in [3.05, 3.63) is 132 Å². The molecule has 2 aliphatic rings. The zero-order valence-electron chi connectivity index (χ0n) is 26.7. The number of benzene rings is 5. The highest BCUT2D eigenvalue weighted by atomic mass is 16.5. The topological polar surface area (TPSA) is 17.2 Å². The van der Waals surface area contributed by atoms with Gasteiger partial charge in [0.05, 0.1) is 19.7 Å². The Morgan fingerprint density at radius 3 is 2.14 bits per heavy atom. The van der Waals surface area contributed by atoms with Crippen LogP contribution in [0, 0.1) is 6.92 Å². The van der Waals surface area contributed by atoms with E-state index in [1.807, 2.05) is 36.4 Å². The predicted octanol–water partition coefficient (Wildman–Crippen LogP) is 9.05. The second-order valence-corrected chi connectivity index (χ2v) is 12.7. The van der Waals surface area contributed by atoms with E-state index in [1.165, 1.54) is 33.2 Å². The van der Waals surface area contributed by atoms with Gasteiger partial charge in [0, 0.05) is 33.7 Å². The van der Waals surface area contributed by atoms with Crippen molar-refractivity contribution in [1.29, 1.82) is 0 Å². The molecule has 3 nitrogen and oxygen atoms in total. The molecule has 0 spiro atoms. The van der Waals surface area contributed by atoms with Gasteiger partial charge in [-0.05, 0) is 64.5 Å². The van der Waals surface area contributed by atoms with Gasteiger partial charge in [-0.1, -0.05) is 87.5 Å². The Bertz CT molecular complexity index is 2190. The van der Waals surface area contributed by atoms with Gasteiger partial charge in [-0.3, -0.25) is 0 Å². The standard InChI is InChI=1S/C39H35N2O/c1-24-26-12-6-7-13-27(26)33(39(2,3)4)23-32(24)37-38-31(20-21-40(37)5)30-19-18-25(22-36(30)42-38)41-34-16-10-8-14-28(34)29-15-9-11-17-35(29)41/h6-23,31,38H,1-5H3/q+1/i16D,17D. The van der Waals surface area contributed by atoms with Crippen LogP contribution in [0.2, 0.25) is 0 Å². The molecule has 0 fully saturated rings. The zero-order chi connectivity index (χ0) is 30.5. The van der Waals surface area contributed by atoms with E-state index in [2.05, 4.69) is 105 Å². The third-order valence-electron chi connectivity index (χ3n) is 9.16. The molecule has 2 aliphatic heterocycles. The Hall–Kier alpha value is -4.63. The minimum atomic E-state index is -0.167. The fraction of sp³-hybridized carbons (Fsp3) is 0.205. The summed E-state index contributed by atoms with van der Waals surface area (Å²) in [6.07, 6.45) is 4.27. The maximum absolute atomic E-state index is 8.79. The number of para-hydroxylation sites is 2. The van der Waals surface area contributed by atoms with Crippen LogP contribution >= 0.6 is 0 Å². The van der Waals surface area contributed by atoms with Crippen molar-refractivity contribution in [2.75, 3.05) is 7.05 Å². The monoisotopic (exact) mass is 549 g/mol. The lowest BCUT2D eigenvalue weighted by Crippen LogP contribution is -2.38. The summed E-state index contributed by atoms with van der Waals surface area (Å²) in [6, 6.07) is 30.0. The molecule has 0 saturated heterocycles. The first kappa shape index (κ1) is 23.0. The van der Waals surface area contributed by atoms with Gasteiger partial charge in [0.15, 0.2) is 12.3 Å². The van der Waals surface area contributed by atoms with Gasteiger partial charge < -0.3 is 9.30 Å². The van der Waals surface area contributed by atoms with Crippen molar-refractivity contribution in [2.24, 2.45) is 0 Å². The maximum atomic E-state index is 8.79. The summed E-state index contributed by atoms with van der Waals surface area (Å²) >= 11 is 0. The van der Waals surface area contributed by atoms with E-state index in [0.717, 1.165) is 38.8 Å². The largest absolute Gasteiger partial charge is 0.478 e. The summed E-state index contributed by atoms with van der Waals surface area (Å²) in [5.74, 6) is 0.940. The lowest BCUT2D eigenvalue weighted by Gasteiger charge is -2.26. The Balaban J connectivity index is 1.29. The van der Waals surface area contributed by atoms with Crippen molar-refractivity contribution in [2.45, 2.75) is 45.1 Å². The van der Waals surface area contributed by atoms with Crippen molar-refractivity contribution >= 4 is 38.3 Å². The first-order valence-corrected chi connectivity index (χ1v) is 14.7. The van der Waals surface area contributed by atoms with Crippen LogP contribution in [0.4, 0.5) is 0 Å². The van der Waals surface area contributed by atoms with Gasteiger partial charge in [-0.25, -0.2) is 4.58 Å². The minimum absolute atomic E-state index is 0.0186. The van der Waals surface area contributed by atoms with Crippen LogP contribution < -0.4 is 4.74 Å². The molecule has 3 heteroatoms. The first-order chi connectivity index (χ1) is 21.1. The van der Waals surface area contributed by atoms with Gasteiger partial charge in [-0.2, -0.15) is 0 Å². The van der Waals surface area contributed by atoms with Crippen molar-refractivity contribution < 1.29 is 12.1 Å². The van der Waals surface area contributed by atoms with Crippen LogP contribution in [-0.4, -0.2) is 28.0 Å². The fourth-order valence-electron chi connectivity index (χ4n) is 7.13. The third kappa shape index (κ3) is 3.56. The number of hydrogen-bond donors (Lipinski definition) is 0. The predicted molar refractivity (Wildman–Crippen MR) is 175 cm³/mol. The molecule has 8 rings (SSSR count). The van der Waals surface area contributed by atoms with Crippen LogP contribution in [-0.2, 0) is 5.41 Å². The second kappa shape index (κ2) is 8.93. The number of rotatable bonds is 2. The molecule has 206 valence electrons. The van der Waals surface area contributed by atoms with E-state index in [9.17, 15) is 0 Å². The molecule has 2 atom stereocenters. The molecule has 0 N–H and O–H groups in total. The number of ether oxygens (including phenoxy) is 1. The average Bonchev–Trinajstić information content (AvgIpc) is 3.54. The number of aryl methyl sites for hydroxylation is 1. The molecule has 0 aliphatic carbocycles. The SMILES string of the molecule is [2H]c1cccc2c3cccc([2H])c3n(-c3ccc4c(c3)OC3C(c5cc(C(C)(C)C)c6ccccc6c5C)=[N+](C)C=CC43)c12. The van der Waals surface area contributed by atoms with Gasteiger partial charge in [0.1, 0.15) is 12.8 Å². The molecule has 1 aromatic heterocycles. The molecule has 5 aromatic carbocycles. The van der Waals surface area contributed by atoms with Crippen LogP contribution in [0.25, 0.3) is 38.3 Å². The smallest absolute Gasteiger partial charge is 0.230 e. The summed E-state index contributed by atoms with van der Waals surface area (Å²) in [7, 11) is 2.12. The highest BCUT2D eigenvalue weighted by Crippen LogP contribution is 2.45. The molecule has 6 aromatic rings. The van der Waals surface area contributed by atoms with E-state index < -0.39 is 0 Å². The van der Waals surface area contributed by atoms with Crippen molar-refractivity contribution in [1.82, 2.24) is 4.57 Å². The van der Waals surface area contributed by atoms with Gasteiger partial charge >= 0.3 is 0 Å². The Morgan fingerprint density at radius 2 is 1.45 bits per heavy atom. The highest BCUT2D eigenvalue weighted by molar-refractivity contribution is 6.10. The summed E-state index contributed by atoms with van der Waals surface area (Å²) in [4.78, 5) is 0.